The van der Waals surface area contributed by atoms with Crippen LogP contribution < -0.4 is 4.74 Å². The van der Waals surface area contributed by atoms with E-state index < -0.39 is 11.9 Å². The summed E-state index contributed by atoms with van der Waals surface area (Å²) in [5.41, 5.74) is 0.613. The minimum atomic E-state index is -1.08. The van der Waals surface area contributed by atoms with Crippen molar-refractivity contribution in [2.45, 2.75) is 25.0 Å². The van der Waals surface area contributed by atoms with Gasteiger partial charge in [-0.15, -0.1) is 0 Å². The monoisotopic (exact) mass is 259 g/mol. The Kier molecular flexibility index (Phi) is 3.17. The molecule has 1 heterocycles. The lowest BCUT2D eigenvalue weighted by molar-refractivity contribution is 0.208. The maximum Gasteiger partial charge on any atom is 0.147 e. The number of pyridine rings is 1. The first-order chi connectivity index (χ1) is 9.24. The molecule has 1 aromatic carbocycles. The van der Waals surface area contributed by atoms with Crippen molar-refractivity contribution in [3.63, 3.8) is 0 Å². The van der Waals surface area contributed by atoms with Gasteiger partial charge >= 0.3 is 0 Å². The van der Waals surface area contributed by atoms with Crippen molar-refractivity contribution in [2.75, 3.05) is 0 Å². The molecular formula is C15H14FNO2. The van der Waals surface area contributed by atoms with E-state index in [9.17, 15) is 9.50 Å². The lowest BCUT2D eigenvalue weighted by Crippen LogP contribution is -2.05. The van der Waals surface area contributed by atoms with Gasteiger partial charge < -0.3 is 9.84 Å². The van der Waals surface area contributed by atoms with Crippen molar-refractivity contribution >= 4 is 0 Å². The van der Waals surface area contributed by atoms with Gasteiger partial charge in [0.05, 0.1) is 6.10 Å². The van der Waals surface area contributed by atoms with E-state index in [1.165, 1.54) is 18.3 Å². The first-order valence-electron chi connectivity index (χ1n) is 6.29. The molecule has 1 atom stereocenters. The summed E-state index contributed by atoms with van der Waals surface area (Å²) in [5.74, 6) is 0.193. The molecule has 3 nitrogen and oxygen atoms in total. The number of aliphatic hydroxyl groups is 1. The lowest BCUT2D eigenvalue weighted by Gasteiger charge is -2.13. The van der Waals surface area contributed by atoms with Crippen molar-refractivity contribution in [2.24, 2.45) is 0 Å². The van der Waals surface area contributed by atoms with Crippen molar-refractivity contribution in [3.05, 3.63) is 59.7 Å². The molecule has 0 saturated heterocycles. The van der Waals surface area contributed by atoms with Gasteiger partial charge in [-0.2, -0.15) is 0 Å². The van der Waals surface area contributed by atoms with Crippen LogP contribution in [0.4, 0.5) is 4.39 Å². The van der Waals surface area contributed by atoms with Crippen molar-refractivity contribution in [1.29, 1.82) is 0 Å². The van der Waals surface area contributed by atoms with Gasteiger partial charge in [0, 0.05) is 6.20 Å². The van der Waals surface area contributed by atoms with E-state index in [1.807, 2.05) is 6.07 Å². The van der Waals surface area contributed by atoms with E-state index in [-0.39, 0.29) is 5.69 Å². The molecule has 1 saturated carbocycles. The van der Waals surface area contributed by atoms with Crippen LogP contribution in [0, 0.1) is 5.82 Å². The molecule has 1 aliphatic rings. The fraction of sp³-hybridized carbons (Fsp3) is 0.267. The molecule has 1 unspecified atom stereocenters. The Balaban J connectivity index is 1.86. The summed E-state index contributed by atoms with van der Waals surface area (Å²) in [7, 11) is 0. The topological polar surface area (TPSA) is 42.4 Å². The first kappa shape index (κ1) is 12.1. The minimum absolute atomic E-state index is 0.0334. The molecule has 4 heteroatoms. The van der Waals surface area contributed by atoms with Crippen LogP contribution in [0.5, 0.6) is 5.75 Å². The van der Waals surface area contributed by atoms with E-state index in [2.05, 4.69) is 4.98 Å². The van der Waals surface area contributed by atoms with Gasteiger partial charge in [-0.05, 0) is 42.7 Å². The standard InChI is InChI=1S/C15H14FNO2/c16-13-5-2-8-17-14(13)15(18)10-3-1-4-12(9-10)19-11-6-7-11/h1-5,8-9,11,15,18H,6-7H2. The number of nitrogens with zero attached hydrogens (tertiary/aromatic N) is 1. The highest BCUT2D eigenvalue weighted by molar-refractivity contribution is 5.34. The van der Waals surface area contributed by atoms with Gasteiger partial charge in [0.25, 0.3) is 0 Å². The number of benzene rings is 1. The normalized spacial score (nSPS) is 16.1. The lowest BCUT2D eigenvalue weighted by atomic mass is 10.1. The van der Waals surface area contributed by atoms with Gasteiger partial charge in [0.15, 0.2) is 0 Å². The fourth-order valence-electron chi connectivity index (χ4n) is 1.89. The molecule has 0 amide bonds. The maximum absolute atomic E-state index is 13.6. The second-order valence-corrected chi connectivity index (χ2v) is 4.66. The Hall–Kier alpha value is -1.94. The number of ether oxygens (including phenoxy) is 1. The summed E-state index contributed by atoms with van der Waals surface area (Å²) in [5, 5.41) is 10.2. The average molecular weight is 259 g/mol. The summed E-state index contributed by atoms with van der Waals surface area (Å²) >= 11 is 0. The Bertz CT molecular complexity index is 584. The van der Waals surface area contributed by atoms with Crippen LogP contribution in [0.15, 0.2) is 42.6 Å². The zero-order chi connectivity index (χ0) is 13.2. The summed E-state index contributed by atoms with van der Waals surface area (Å²) in [6.07, 6.45) is 2.82. The number of halogens is 1. The second kappa shape index (κ2) is 4.97. The number of aliphatic hydroxyl groups excluding tert-OH is 1. The summed E-state index contributed by atoms with van der Waals surface area (Å²) in [6.45, 7) is 0. The quantitative estimate of drug-likeness (QED) is 0.918. The predicted octanol–water partition coefficient (Wildman–Crippen LogP) is 2.84. The molecule has 1 N–H and O–H groups in total. The molecule has 1 aliphatic carbocycles. The van der Waals surface area contributed by atoms with Crippen LogP contribution in [-0.2, 0) is 0 Å². The Morgan fingerprint density at radius 2 is 2.11 bits per heavy atom. The number of aromatic nitrogens is 1. The van der Waals surface area contributed by atoms with Gasteiger partial charge in [-0.3, -0.25) is 4.98 Å². The fourth-order valence-corrected chi connectivity index (χ4v) is 1.89. The van der Waals surface area contributed by atoms with Crippen molar-refractivity contribution < 1.29 is 14.2 Å². The molecule has 98 valence electrons. The number of hydrogen-bond acceptors (Lipinski definition) is 3. The Morgan fingerprint density at radius 3 is 2.84 bits per heavy atom. The molecule has 0 bridgehead atoms. The van der Waals surface area contributed by atoms with Crippen LogP contribution in [0.1, 0.15) is 30.2 Å². The van der Waals surface area contributed by atoms with Crippen LogP contribution >= 0.6 is 0 Å². The third kappa shape index (κ3) is 2.74. The highest BCUT2D eigenvalue weighted by Gasteiger charge is 2.24. The van der Waals surface area contributed by atoms with E-state index in [1.54, 1.807) is 18.2 Å². The smallest absolute Gasteiger partial charge is 0.147 e. The highest BCUT2D eigenvalue weighted by Crippen LogP contribution is 2.30. The molecule has 0 radical (unpaired) electrons. The summed E-state index contributed by atoms with van der Waals surface area (Å²) < 4.78 is 19.2. The zero-order valence-electron chi connectivity index (χ0n) is 10.3. The van der Waals surface area contributed by atoms with Crippen LogP contribution in [0.3, 0.4) is 0 Å². The largest absolute Gasteiger partial charge is 0.490 e. The molecule has 1 aromatic heterocycles. The van der Waals surface area contributed by atoms with Crippen molar-refractivity contribution in [3.8, 4) is 5.75 Å². The van der Waals surface area contributed by atoms with Gasteiger partial charge in [-0.25, -0.2) is 4.39 Å². The average Bonchev–Trinajstić information content (AvgIpc) is 3.23. The molecule has 0 spiro atoms. The number of hydrogen-bond donors (Lipinski definition) is 1. The third-order valence-corrected chi connectivity index (χ3v) is 3.05. The first-order valence-corrected chi connectivity index (χ1v) is 6.29. The van der Waals surface area contributed by atoms with E-state index in [4.69, 9.17) is 4.74 Å². The maximum atomic E-state index is 13.6. The highest BCUT2D eigenvalue weighted by atomic mass is 19.1. The molecular weight excluding hydrogens is 245 g/mol. The van der Waals surface area contributed by atoms with Gasteiger partial charge in [-0.1, -0.05) is 12.1 Å². The minimum Gasteiger partial charge on any atom is -0.490 e. The van der Waals surface area contributed by atoms with E-state index in [0.29, 0.717) is 17.4 Å². The SMILES string of the molecule is OC(c1cccc(OC2CC2)c1)c1ncccc1F. The van der Waals surface area contributed by atoms with Crippen LogP contribution in [-0.4, -0.2) is 16.2 Å². The zero-order valence-corrected chi connectivity index (χ0v) is 10.3. The van der Waals surface area contributed by atoms with E-state index in [0.717, 1.165) is 12.8 Å². The van der Waals surface area contributed by atoms with Gasteiger partial charge in [0.2, 0.25) is 0 Å². The Labute approximate surface area is 110 Å². The molecule has 1 fully saturated rings. The summed E-state index contributed by atoms with van der Waals surface area (Å²) in [6, 6.07) is 9.88. The summed E-state index contributed by atoms with van der Waals surface area (Å²) in [4.78, 5) is 3.89. The molecule has 3 rings (SSSR count). The molecule has 2 aromatic rings. The molecule has 19 heavy (non-hydrogen) atoms. The number of rotatable bonds is 4. The third-order valence-electron chi connectivity index (χ3n) is 3.05. The van der Waals surface area contributed by atoms with Gasteiger partial charge in [0.1, 0.15) is 23.4 Å². The Morgan fingerprint density at radius 1 is 1.26 bits per heavy atom. The second-order valence-electron chi connectivity index (χ2n) is 4.66. The van der Waals surface area contributed by atoms with E-state index >= 15 is 0 Å². The predicted molar refractivity (Wildman–Crippen MR) is 68.3 cm³/mol. The van der Waals surface area contributed by atoms with Crippen LogP contribution in [0.2, 0.25) is 0 Å². The van der Waals surface area contributed by atoms with Crippen molar-refractivity contribution in [1.82, 2.24) is 4.98 Å². The molecule has 0 aliphatic heterocycles. The van der Waals surface area contributed by atoms with Crippen LogP contribution in [0.25, 0.3) is 0 Å².